The number of ether oxygens (including phenoxy) is 1. The van der Waals surface area contributed by atoms with Gasteiger partial charge in [-0.1, -0.05) is 0 Å². The highest BCUT2D eigenvalue weighted by Crippen LogP contribution is 2.00. The second kappa shape index (κ2) is 3.97. The first kappa shape index (κ1) is 10.1. The number of carbonyl (C=O) groups excluding carboxylic acids is 1. The number of esters is 1. The zero-order valence-corrected chi connectivity index (χ0v) is 8.38. The van der Waals surface area contributed by atoms with Crippen LogP contribution in [0.4, 0.5) is 0 Å². The monoisotopic (exact) mass is 220 g/mol. The van der Waals surface area contributed by atoms with Crippen molar-refractivity contribution in [2.75, 3.05) is 7.11 Å². The molecule has 0 aliphatic rings. The van der Waals surface area contributed by atoms with E-state index in [4.69, 9.17) is 0 Å². The summed E-state index contributed by atoms with van der Waals surface area (Å²) >= 11 is 0. The molecule has 0 amide bonds. The summed E-state index contributed by atoms with van der Waals surface area (Å²) in [5, 5.41) is 10.2. The van der Waals surface area contributed by atoms with Gasteiger partial charge in [0.05, 0.1) is 13.3 Å². The molecule has 0 aliphatic heterocycles. The van der Waals surface area contributed by atoms with Gasteiger partial charge in [-0.3, -0.25) is 9.89 Å². The first-order valence-electron chi connectivity index (χ1n) is 4.40. The van der Waals surface area contributed by atoms with Crippen molar-refractivity contribution in [3.63, 3.8) is 0 Å². The number of aromatic nitrogens is 4. The number of H-pyrrole nitrogens is 1. The van der Waals surface area contributed by atoms with Crippen LogP contribution in [-0.2, 0) is 4.74 Å². The number of carbonyl (C=O) groups is 1. The summed E-state index contributed by atoms with van der Waals surface area (Å²) in [6.45, 7) is 0. The molecule has 7 heteroatoms. The van der Waals surface area contributed by atoms with Gasteiger partial charge in [-0.15, -0.1) is 0 Å². The third-order valence-corrected chi connectivity index (χ3v) is 1.94. The van der Waals surface area contributed by atoms with Gasteiger partial charge in [0, 0.05) is 18.5 Å². The summed E-state index contributed by atoms with van der Waals surface area (Å²) in [5.41, 5.74) is -0.122. The van der Waals surface area contributed by atoms with Gasteiger partial charge in [-0.05, 0) is 0 Å². The Morgan fingerprint density at radius 1 is 1.56 bits per heavy atom. The predicted octanol–water partition coefficient (Wildman–Crippen LogP) is -0.258. The first-order chi connectivity index (χ1) is 7.72. The quantitative estimate of drug-likeness (QED) is 0.704. The number of hydrogen-bond donors (Lipinski definition) is 1. The molecule has 0 atom stereocenters. The van der Waals surface area contributed by atoms with Gasteiger partial charge in [0.1, 0.15) is 5.69 Å². The van der Waals surface area contributed by atoms with Crippen LogP contribution >= 0.6 is 0 Å². The molecule has 2 aromatic heterocycles. The van der Waals surface area contributed by atoms with Gasteiger partial charge in [0.25, 0.3) is 0 Å². The molecule has 0 spiro atoms. The Labute approximate surface area is 89.7 Å². The van der Waals surface area contributed by atoms with Crippen LogP contribution in [0.15, 0.2) is 29.5 Å². The summed E-state index contributed by atoms with van der Waals surface area (Å²) in [7, 11) is 1.19. The van der Waals surface area contributed by atoms with Crippen molar-refractivity contribution in [3.05, 3.63) is 40.6 Å². The number of methoxy groups -OCH3 is 1. The lowest BCUT2D eigenvalue weighted by molar-refractivity contribution is 0.0590. The van der Waals surface area contributed by atoms with Crippen molar-refractivity contribution >= 4 is 5.97 Å². The number of nitrogens with zero attached hydrogens (tertiary/aromatic N) is 3. The van der Waals surface area contributed by atoms with Crippen LogP contribution in [-0.4, -0.2) is 33.1 Å². The maximum Gasteiger partial charge on any atom is 0.362 e. The van der Waals surface area contributed by atoms with E-state index in [1.165, 1.54) is 30.3 Å². The van der Waals surface area contributed by atoms with E-state index in [-0.39, 0.29) is 5.69 Å². The molecule has 82 valence electrons. The minimum absolute atomic E-state index is 0.258. The zero-order chi connectivity index (χ0) is 11.5. The summed E-state index contributed by atoms with van der Waals surface area (Å²) in [6, 6.07) is 1.24. The second-order valence-electron chi connectivity index (χ2n) is 2.92. The van der Waals surface area contributed by atoms with E-state index in [9.17, 15) is 9.59 Å². The highest BCUT2D eigenvalue weighted by Gasteiger charge is 2.13. The van der Waals surface area contributed by atoms with Gasteiger partial charge < -0.3 is 4.74 Å². The van der Waals surface area contributed by atoms with Gasteiger partial charge in [0.15, 0.2) is 0 Å². The normalized spacial score (nSPS) is 10.1. The molecule has 2 aromatic rings. The van der Waals surface area contributed by atoms with Crippen LogP contribution in [0.5, 0.6) is 0 Å². The maximum atomic E-state index is 11.3. The SMILES string of the molecule is COC(=O)c1nn(-c2cn[nH]c2)ccc1=O. The molecule has 0 saturated carbocycles. The minimum atomic E-state index is -0.761. The zero-order valence-electron chi connectivity index (χ0n) is 8.38. The summed E-state index contributed by atoms with van der Waals surface area (Å²) in [6.07, 6.45) is 4.54. The van der Waals surface area contributed by atoms with Gasteiger partial charge in [0.2, 0.25) is 11.1 Å². The molecule has 0 aromatic carbocycles. The van der Waals surface area contributed by atoms with E-state index >= 15 is 0 Å². The Balaban J connectivity index is 2.52. The fourth-order valence-electron chi connectivity index (χ4n) is 1.16. The van der Waals surface area contributed by atoms with E-state index in [0.29, 0.717) is 5.69 Å². The van der Waals surface area contributed by atoms with Crippen LogP contribution in [0, 0.1) is 0 Å². The van der Waals surface area contributed by atoms with E-state index < -0.39 is 11.4 Å². The van der Waals surface area contributed by atoms with E-state index in [1.54, 1.807) is 6.20 Å². The van der Waals surface area contributed by atoms with Crippen molar-refractivity contribution in [1.29, 1.82) is 0 Å². The molecule has 0 radical (unpaired) electrons. The van der Waals surface area contributed by atoms with Crippen LogP contribution in [0.2, 0.25) is 0 Å². The fraction of sp³-hybridized carbons (Fsp3) is 0.111. The van der Waals surface area contributed by atoms with Crippen LogP contribution in [0.3, 0.4) is 0 Å². The number of rotatable bonds is 2. The average molecular weight is 220 g/mol. The molecule has 0 fully saturated rings. The lowest BCUT2D eigenvalue weighted by Gasteiger charge is -2.02. The third kappa shape index (κ3) is 1.70. The third-order valence-electron chi connectivity index (χ3n) is 1.94. The van der Waals surface area contributed by atoms with Crippen molar-refractivity contribution < 1.29 is 9.53 Å². The number of hydrogen-bond acceptors (Lipinski definition) is 5. The molecule has 0 bridgehead atoms. The maximum absolute atomic E-state index is 11.3. The molecule has 0 aliphatic carbocycles. The molecule has 2 rings (SSSR count). The van der Waals surface area contributed by atoms with Crippen molar-refractivity contribution in [1.82, 2.24) is 20.0 Å². The Bertz CT molecular complexity index is 558. The molecule has 16 heavy (non-hydrogen) atoms. The summed E-state index contributed by atoms with van der Waals surface area (Å²) in [4.78, 5) is 22.6. The van der Waals surface area contributed by atoms with Crippen molar-refractivity contribution in [2.24, 2.45) is 0 Å². The smallest absolute Gasteiger partial charge is 0.362 e. The Hall–Kier alpha value is -2.44. The predicted molar refractivity (Wildman–Crippen MR) is 53.3 cm³/mol. The van der Waals surface area contributed by atoms with Crippen LogP contribution < -0.4 is 5.43 Å². The molecular weight excluding hydrogens is 212 g/mol. The molecule has 1 N–H and O–H groups in total. The molecule has 0 saturated heterocycles. The van der Waals surface area contributed by atoms with Gasteiger partial charge >= 0.3 is 5.97 Å². The second-order valence-corrected chi connectivity index (χ2v) is 2.92. The minimum Gasteiger partial charge on any atom is -0.464 e. The molecule has 2 heterocycles. The largest absolute Gasteiger partial charge is 0.464 e. The molecule has 0 unspecified atom stereocenters. The molecular formula is C9H8N4O3. The lowest BCUT2D eigenvalue weighted by atomic mass is 10.4. The van der Waals surface area contributed by atoms with Crippen molar-refractivity contribution in [3.8, 4) is 5.69 Å². The number of nitrogens with one attached hydrogen (secondary N) is 1. The van der Waals surface area contributed by atoms with E-state index in [0.717, 1.165) is 0 Å². The fourth-order valence-corrected chi connectivity index (χ4v) is 1.16. The van der Waals surface area contributed by atoms with E-state index in [1.807, 2.05) is 0 Å². The summed E-state index contributed by atoms with van der Waals surface area (Å²) < 4.78 is 5.81. The van der Waals surface area contributed by atoms with Crippen molar-refractivity contribution in [2.45, 2.75) is 0 Å². The highest BCUT2D eigenvalue weighted by molar-refractivity contribution is 5.86. The van der Waals surface area contributed by atoms with Crippen LogP contribution in [0.25, 0.3) is 5.69 Å². The average Bonchev–Trinajstić information content (AvgIpc) is 2.82. The topological polar surface area (TPSA) is 89.9 Å². The molecule has 7 nitrogen and oxygen atoms in total. The van der Waals surface area contributed by atoms with Crippen LogP contribution in [0.1, 0.15) is 10.5 Å². The Morgan fingerprint density at radius 2 is 2.38 bits per heavy atom. The lowest BCUT2D eigenvalue weighted by Crippen LogP contribution is -2.21. The Morgan fingerprint density at radius 3 is 3.00 bits per heavy atom. The van der Waals surface area contributed by atoms with Gasteiger partial charge in [-0.2, -0.15) is 10.2 Å². The number of aromatic amines is 1. The Kier molecular flexibility index (Phi) is 2.50. The summed E-state index contributed by atoms with van der Waals surface area (Å²) in [5.74, 6) is -0.761. The van der Waals surface area contributed by atoms with Gasteiger partial charge in [-0.25, -0.2) is 9.48 Å². The first-order valence-corrected chi connectivity index (χ1v) is 4.40. The van der Waals surface area contributed by atoms with E-state index in [2.05, 4.69) is 20.0 Å². The standard InChI is InChI=1S/C9H8N4O3/c1-16-9(15)8-7(14)2-3-13(12-8)6-4-10-11-5-6/h2-5H,1H3,(H,10,11). The highest BCUT2D eigenvalue weighted by atomic mass is 16.5.